The number of aryl methyl sites for hydroxylation is 1. The fourth-order valence-corrected chi connectivity index (χ4v) is 3.82. The van der Waals surface area contributed by atoms with E-state index in [1.165, 1.54) is 23.2 Å². The van der Waals surface area contributed by atoms with E-state index < -0.39 is 36.2 Å². The number of halogens is 3. The molecule has 0 bridgehead atoms. The lowest BCUT2D eigenvalue weighted by atomic mass is 10.1. The number of hydrogen-bond donors (Lipinski definition) is 2. The van der Waals surface area contributed by atoms with Crippen molar-refractivity contribution in [2.45, 2.75) is 38.3 Å². The molecule has 0 radical (unpaired) electrons. The number of alkyl halides is 3. The van der Waals surface area contributed by atoms with Crippen LogP contribution in [-0.2, 0) is 6.54 Å². The van der Waals surface area contributed by atoms with Gasteiger partial charge in [-0.25, -0.2) is 9.78 Å². The van der Waals surface area contributed by atoms with Gasteiger partial charge in [0, 0.05) is 30.0 Å². The van der Waals surface area contributed by atoms with Crippen LogP contribution in [0.25, 0.3) is 11.3 Å². The number of nitrogens with one attached hydrogen (secondary N) is 1. The van der Waals surface area contributed by atoms with Crippen LogP contribution in [0.4, 0.5) is 18.0 Å². The maximum atomic E-state index is 12.6. The third-order valence-corrected chi connectivity index (χ3v) is 5.36. The first-order valence-electron chi connectivity index (χ1n) is 10.2. The van der Waals surface area contributed by atoms with E-state index in [0.717, 1.165) is 17.8 Å². The normalized spacial score (nSPS) is 18.2. The fraction of sp³-hybridized carbons (Fsp3) is 0.333. The van der Waals surface area contributed by atoms with E-state index >= 15 is 0 Å². The standard InChI is InChI=1S/C21H20F3N5O5/c1-12-5-6-26-29(12)11-15-8-14(10-28(15)20(31)32)27-18(30)19-25-9-17(33-19)13-3-2-4-16(7-13)34-21(22,23)24/h2-7,9,14-15H,8,10-11H2,1H3,(H,27,30)(H,31,32)/t14-,15+/m1/s1. The zero-order chi connectivity index (χ0) is 24.5. The van der Waals surface area contributed by atoms with Crippen LogP contribution in [0.1, 0.15) is 22.8 Å². The third kappa shape index (κ3) is 5.30. The minimum absolute atomic E-state index is 0.0726. The van der Waals surface area contributed by atoms with Crippen molar-refractivity contribution >= 4 is 12.0 Å². The molecular formula is C21H20F3N5O5. The maximum absolute atomic E-state index is 12.6. The Morgan fingerprint density at radius 3 is 2.79 bits per heavy atom. The van der Waals surface area contributed by atoms with Crippen molar-refractivity contribution in [3.05, 3.63) is 54.3 Å². The third-order valence-electron chi connectivity index (χ3n) is 5.36. The number of oxazole rings is 1. The van der Waals surface area contributed by atoms with Crippen molar-refractivity contribution in [3.8, 4) is 17.1 Å². The summed E-state index contributed by atoms with van der Waals surface area (Å²) in [7, 11) is 0. The van der Waals surface area contributed by atoms with Crippen LogP contribution in [0.2, 0.25) is 0 Å². The molecule has 0 unspecified atom stereocenters. The molecule has 2 atom stereocenters. The quantitative estimate of drug-likeness (QED) is 0.556. The summed E-state index contributed by atoms with van der Waals surface area (Å²) in [5.41, 5.74) is 1.12. The van der Waals surface area contributed by atoms with Gasteiger partial charge in [-0.3, -0.25) is 9.48 Å². The summed E-state index contributed by atoms with van der Waals surface area (Å²) in [5, 5.41) is 16.4. The van der Waals surface area contributed by atoms with Gasteiger partial charge in [0.05, 0.1) is 18.8 Å². The van der Waals surface area contributed by atoms with Gasteiger partial charge in [0.1, 0.15) is 5.75 Å². The number of ether oxygens (including phenoxy) is 1. The van der Waals surface area contributed by atoms with Gasteiger partial charge in [-0.05, 0) is 31.5 Å². The lowest BCUT2D eigenvalue weighted by Gasteiger charge is -2.21. The van der Waals surface area contributed by atoms with Crippen LogP contribution in [0.5, 0.6) is 5.75 Å². The lowest BCUT2D eigenvalue weighted by Crippen LogP contribution is -2.39. The van der Waals surface area contributed by atoms with Crippen molar-refractivity contribution in [1.82, 2.24) is 25.0 Å². The highest BCUT2D eigenvalue weighted by molar-refractivity contribution is 5.90. The zero-order valence-electron chi connectivity index (χ0n) is 17.8. The molecule has 1 aliphatic heterocycles. The molecular weight excluding hydrogens is 459 g/mol. The predicted molar refractivity (Wildman–Crippen MR) is 110 cm³/mol. The van der Waals surface area contributed by atoms with Crippen LogP contribution in [0.3, 0.4) is 0 Å². The molecule has 3 heterocycles. The number of likely N-dealkylation sites (tertiary alicyclic amines) is 1. The van der Waals surface area contributed by atoms with Gasteiger partial charge in [-0.1, -0.05) is 12.1 Å². The fourth-order valence-electron chi connectivity index (χ4n) is 3.82. The Hall–Kier alpha value is -4.03. The van der Waals surface area contributed by atoms with Crippen molar-refractivity contribution in [3.63, 3.8) is 0 Å². The minimum atomic E-state index is -4.84. The molecule has 1 aliphatic rings. The molecule has 3 aromatic rings. The monoisotopic (exact) mass is 479 g/mol. The minimum Gasteiger partial charge on any atom is -0.465 e. The largest absolute Gasteiger partial charge is 0.573 e. The Labute approximate surface area is 190 Å². The van der Waals surface area contributed by atoms with Gasteiger partial charge in [0.25, 0.3) is 5.89 Å². The van der Waals surface area contributed by atoms with E-state index in [2.05, 4.69) is 20.1 Å². The molecule has 1 aromatic carbocycles. The van der Waals surface area contributed by atoms with Crippen molar-refractivity contribution in [2.75, 3.05) is 6.54 Å². The second-order valence-electron chi connectivity index (χ2n) is 7.75. The smallest absolute Gasteiger partial charge is 0.465 e. The Kier molecular flexibility index (Phi) is 6.18. The topological polar surface area (TPSA) is 123 Å². The van der Waals surface area contributed by atoms with Gasteiger partial charge < -0.3 is 24.5 Å². The second kappa shape index (κ2) is 9.08. The second-order valence-corrected chi connectivity index (χ2v) is 7.75. The number of nitrogens with zero attached hydrogens (tertiary/aromatic N) is 4. The number of carboxylic acid groups (broad SMARTS) is 1. The molecule has 180 valence electrons. The molecule has 2 amide bonds. The Balaban J connectivity index is 1.42. The SMILES string of the molecule is Cc1ccnn1C[C@@H]1C[C@@H](NC(=O)c2ncc(-c3cccc(OC(F)(F)F)c3)o2)CN1C(=O)O. The summed E-state index contributed by atoms with van der Waals surface area (Å²) in [4.78, 5) is 29.5. The number of rotatable bonds is 6. The molecule has 34 heavy (non-hydrogen) atoms. The first kappa shape index (κ1) is 23.1. The Morgan fingerprint density at radius 2 is 2.12 bits per heavy atom. The van der Waals surface area contributed by atoms with Gasteiger partial charge in [0.15, 0.2) is 5.76 Å². The molecule has 0 saturated carbocycles. The van der Waals surface area contributed by atoms with Gasteiger partial charge in [-0.15, -0.1) is 13.2 Å². The van der Waals surface area contributed by atoms with Gasteiger partial charge in [-0.2, -0.15) is 5.10 Å². The van der Waals surface area contributed by atoms with E-state index in [1.54, 1.807) is 10.9 Å². The number of amides is 2. The van der Waals surface area contributed by atoms with Crippen molar-refractivity contribution in [1.29, 1.82) is 0 Å². The van der Waals surface area contributed by atoms with E-state index in [9.17, 15) is 27.9 Å². The van der Waals surface area contributed by atoms with Crippen LogP contribution < -0.4 is 10.1 Å². The average molecular weight is 479 g/mol. The number of carbonyl (C=O) groups is 2. The van der Waals surface area contributed by atoms with Gasteiger partial charge >= 0.3 is 18.4 Å². The van der Waals surface area contributed by atoms with E-state index in [-0.39, 0.29) is 23.8 Å². The molecule has 1 saturated heterocycles. The molecule has 4 rings (SSSR count). The van der Waals surface area contributed by atoms with E-state index in [1.807, 2.05) is 13.0 Å². The van der Waals surface area contributed by atoms with Crippen LogP contribution in [0.15, 0.2) is 47.1 Å². The summed E-state index contributed by atoms with van der Waals surface area (Å²) in [5.74, 6) is -1.33. The van der Waals surface area contributed by atoms with Crippen LogP contribution >= 0.6 is 0 Å². The van der Waals surface area contributed by atoms with Crippen LogP contribution in [-0.4, -0.2) is 61.8 Å². The molecule has 10 nitrogen and oxygen atoms in total. The summed E-state index contributed by atoms with van der Waals surface area (Å²) in [6.45, 7) is 2.28. The molecule has 1 fully saturated rings. The average Bonchev–Trinajstić information content (AvgIpc) is 3.48. The molecule has 13 heteroatoms. The summed E-state index contributed by atoms with van der Waals surface area (Å²) < 4.78 is 48.4. The van der Waals surface area contributed by atoms with Crippen molar-refractivity contribution in [2.24, 2.45) is 0 Å². The number of aromatic nitrogens is 3. The first-order chi connectivity index (χ1) is 16.1. The Morgan fingerprint density at radius 1 is 1.32 bits per heavy atom. The number of hydrogen-bond acceptors (Lipinski definition) is 6. The van der Waals surface area contributed by atoms with Gasteiger partial charge in [0.2, 0.25) is 0 Å². The highest BCUT2D eigenvalue weighted by atomic mass is 19.4. The molecule has 0 spiro atoms. The van der Waals surface area contributed by atoms with Crippen LogP contribution in [0, 0.1) is 6.92 Å². The Bertz CT molecular complexity index is 1190. The first-order valence-corrected chi connectivity index (χ1v) is 10.2. The zero-order valence-corrected chi connectivity index (χ0v) is 17.8. The summed E-state index contributed by atoms with van der Waals surface area (Å²) in [6.07, 6.45) is -2.75. The predicted octanol–water partition coefficient (Wildman–Crippen LogP) is 3.30. The molecule has 2 aromatic heterocycles. The van der Waals surface area contributed by atoms with E-state index in [4.69, 9.17) is 4.42 Å². The summed E-state index contributed by atoms with van der Waals surface area (Å²) >= 11 is 0. The highest BCUT2D eigenvalue weighted by Gasteiger charge is 2.37. The number of benzene rings is 1. The maximum Gasteiger partial charge on any atom is 0.573 e. The highest BCUT2D eigenvalue weighted by Crippen LogP contribution is 2.28. The summed E-state index contributed by atoms with van der Waals surface area (Å²) in [6, 6.07) is 6.01. The molecule has 0 aliphatic carbocycles. The number of carbonyl (C=O) groups excluding carboxylic acids is 1. The lowest BCUT2D eigenvalue weighted by molar-refractivity contribution is -0.274. The molecule has 2 N–H and O–H groups in total. The van der Waals surface area contributed by atoms with Crippen molar-refractivity contribution < 1.29 is 37.0 Å². The van der Waals surface area contributed by atoms with E-state index in [0.29, 0.717) is 13.0 Å².